The molecule has 5 rings (SSSR count). The number of piperidine rings is 1. The highest BCUT2D eigenvalue weighted by Crippen LogP contribution is 2.45. The van der Waals surface area contributed by atoms with Gasteiger partial charge in [-0.25, -0.2) is 17.5 Å². The first-order chi connectivity index (χ1) is 18.5. The minimum atomic E-state index is -3.73. The predicted molar refractivity (Wildman–Crippen MR) is 147 cm³/mol. The zero-order chi connectivity index (χ0) is 27.8. The van der Waals surface area contributed by atoms with Crippen LogP contribution in [0.15, 0.2) is 65.2 Å². The van der Waals surface area contributed by atoms with E-state index in [1.54, 1.807) is 39.4 Å². The standard InChI is InChI=1S/C30H33FN4O3S/c1-29(2,3)23-5-11-27(12-6-23)39(36,37)34-15-13-24-17-28-22(18-30(24,20-34)21-38-16-4-14-32)19-33-35(28)26-9-7-25(31)8-10-26/h5-12,17,19H,4,13,15-16,18,20-21H2,1-3H3/t30-/m1/s1. The smallest absolute Gasteiger partial charge is 0.243 e. The largest absolute Gasteiger partial charge is 0.379 e. The Kier molecular flexibility index (Phi) is 7.23. The number of ether oxygens (including phenoxy) is 1. The summed E-state index contributed by atoms with van der Waals surface area (Å²) in [5.74, 6) is -0.312. The Bertz CT molecular complexity index is 1530. The van der Waals surface area contributed by atoms with E-state index in [0.29, 0.717) is 26.0 Å². The Morgan fingerprint density at radius 3 is 2.51 bits per heavy atom. The number of sulfonamides is 1. The molecule has 2 aromatic carbocycles. The lowest BCUT2D eigenvalue weighted by Crippen LogP contribution is -2.51. The van der Waals surface area contributed by atoms with Crippen molar-refractivity contribution < 1.29 is 17.5 Å². The number of nitrogens with zero attached hydrogens (tertiary/aromatic N) is 4. The second-order valence-electron chi connectivity index (χ2n) is 11.4. The maximum Gasteiger partial charge on any atom is 0.243 e. The van der Waals surface area contributed by atoms with E-state index in [1.807, 2.05) is 12.1 Å². The summed E-state index contributed by atoms with van der Waals surface area (Å²) in [6.45, 7) is 7.51. The zero-order valence-corrected chi connectivity index (χ0v) is 23.3. The molecule has 39 heavy (non-hydrogen) atoms. The van der Waals surface area contributed by atoms with Crippen LogP contribution >= 0.6 is 0 Å². The third-order valence-corrected chi connectivity index (χ3v) is 9.54. The van der Waals surface area contributed by atoms with Crippen LogP contribution in [0, 0.1) is 22.6 Å². The van der Waals surface area contributed by atoms with Crippen molar-refractivity contribution in [2.75, 3.05) is 26.3 Å². The third-order valence-electron chi connectivity index (χ3n) is 7.68. The minimum absolute atomic E-state index is 0.0733. The van der Waals surface area contributed by atoms with E-state index in [-0.39, 0.29) is 35.7 Å². The Morgan fingerprint density at radius 1 is 1.13 bits per heavy atom. The summed E-state index contributed by atoms with van der Waals surface area (Å²) in [6.07, 6.45) is 5.25. The maximum atomic E-state index is 13.8. The second-order valence-corrected chi connectivity index (χ2v) is 13.3. The van der Waals surface area contributed by atoms with Crippen molar-refractivity contribution in [3.8, 4) is 11.8 Å². The molecule has 1 aliphatic carbocycles. The quantitative estimate of drug-likeness (QED) is 0.376. The summed E-state index contributed by atoms with van der Waals surface area (Å²) in [4.78, 5) is 0.282. The van der Waals surface area contributed by atoms with Crippen molar-refractivity contribution >= 4 is 16.1 Å². The molecule has 7 nitrogen and oxygen atoms in total. The van der Waals surface area contributed by atoms with Gasteiger partial charge in [-0.3, -0.25) is 0 Å². The monoisotopic (exact) mass is 548 g/mol. The number of benzene rings is 2. The lowest BCUT2D eigenvalue weighted by Gasteiger charge is -2.45. The number of aromatic nitrogens is 2. The Balaban J connectivity index is 1.47. The maximum absolute atomic E-state index is 13.8. The van der Waals surface area contributed by atoms with Crippen LogP contribution in [0.25, 0.3) is 11.8 Å². The van der Waals surface area contributed by atoms with E-state index in [4.69, 9.17) is 10.00 Å². The first-order valence-corrected chi connectivity index (χ1v) is 14.6. The molecule has 1 saturated heterocycles. The van der Waals surface area contributed by atoms with Crippen LogP contribution in [0.2, 0.25) is 0 Å². The molecule has 0 radical (unpaired) electrons. The van der Waals surface area contributed by atoms with Gasteiger partial charge in [0.05, 0.1) is 48.2 Å². The van der Waals surface area contributed by atoms with Crippen LogP contribution in [0.4, 0.5) is 4.39 Å². The molecular weight excluding hydrogens is 515 g/mol. The van der Waals surface area contributed by atoms with Crippen molar-refractivity contribution in [1.29, 1.82) is 5.26 Å². The highest BCUT2D eigenvalue weighted by atomic mass is 32.2. The third kappa shape index (κ3) is 5.29. The van der Waals surface area contributed by atoms with Gasteiger partial charge in [0, 0.05) is 18.5 Å². The molecule has 2 heterocycles. The summed E-state index contributed by atoms with van der Waals surface area (Å²) in [5.41, 5.74) is 4.17. The number of halogens is 1. The molecule has 0 spiro atoms. The van der Waals surface area contributed by atoms with Crippen molar-refractivity contribution in [3.63, 3.8) is 0 Å². The average Bonchev–Trinajstić information content (AvgIpc) is 3.31. The number of rotatable bonds is 7. The van der Waals surface area contributed by atoms with Gasteiger partial charge >= 0.3 is 0 Å². The average molecular weight is 549 g/mol. The fraction of sp³-hybridized carbons (Fsp3) is 0.400. The van der Waals surface area contributed by atoms with Crippen LogP contribution in [0.1, 0.15) is 50.4 Å². The zero-order valence-electron chi connectivity index (χ0n) is 22.5. The molecule has 0 N–H and O–H groups in total. The van der Waals surface area contributed by atoms with Gasteiger partial charge in [0.25, 0.3) is 0 Å². The van der Waals surface area contributed by atoms with Crippen LogP contribution < -0.4 is 0 Å². The first kappa shape index (κ1) is 27.3. The van der Waals surface area contributed by atoms with Gasteiger partial charge in [0.2, 0.25) is 10.0 Å². The van der Waals surface area contributed by atoms with Crippen LogP contribution in [-0.4, -0.2) is 48.8 Å². The van der Waals surface area contributed by atoms with Crippen molar-refractivity contribution in [2.45, 2.75) is 50.3 Å². The lowest BCUT2D eigenvalue weighted by atomic mass is 9.69. The van der Waals surface area contributed by atoms with E-state index >= 15 is 0 Å². The number of hydrogen-bond acceptors (Lipinski definition) is 5. The normalized spacial score (nSPS) is 19.6. The molecule has 0 amide bonds. The van der Waals surface area contributed by atoms with Gasteiger partial charge in [-0.15, -0.1) is 0 Å². The second kappa shape index (κ2) is 10.3. The molecule has 0 unspecified atom stereocenters. The summed E-state index contributed by atoms with van der Waals surface area (Å²) in [5, 5.41) is 13.5. The summed E-state index contributed by atoms with van der Waals surface area (Å²) < 4.78 is 50.4. The molecule has 1 atom stereocenters. The fourth-order valence-electron chi connectivity index (χ4n) is 5.48. The van der Waals surface area contributed by atoms with Gasteiger partial charge in [0.15, 0.2) is 0 Å². The van der Waals surface area contributed by atoms with Gasteiger partial charge < -0.3 is 4.74 Å². The van der Waals surface area contributed by atoms with E-state index < -0.39 is 15.4 Å². The van der Waals surface area contributed by atoms with Gasteiger partial charge in [0.1, 0.15) is 5.82 Å². The molecule has 9 heteroatoms. The van der Waals surface area contributed by atoms with E-state index in [0.717, 1.165) is 28.1 Å². The van der Waals surface area contributed by atoms with Crippen molar-refractivity contribution in [2.24, 2.45) is 5.41 Å². The van der Waals surface area contributed by atoms with E-state index in [1.165, 1.54) is 12.1 Å². The highest BCUT2D eigenvalue weighted by Gasteiger charge is 2.46. The van der Waals surface area contributed by atoms with Gasteiger partial charge in [-0.05, 0) is 71.9 Å². The molecule has 3 aromatic rings. The van der Waals surface area contributed by atoms with E-state index in [9.17, 15) is 12.8 Å². The summed E-state index contributed by atoms with van der Waals surface area (Å²) in [6, 6.07) is 15.5. The van der Waals surface area contributed by atoms with Gasteiger partial charge in [-0.1, -0.05) is 38.5 Å². The molecule has 1 aliphatic heterocycles. The minimum Gasteiger partial charge on any atom is -0.379 e. The molecule has 1 fully saturated rings. The fourth-order valence-corrected chi connectivity index (χ4v) is 7.01. The van der Waals surface area contributed by atoms with Crippen LogP contribution in [0.3, 0.4) is 0 Å². The number of nitriles is 1. The highest BCUT2D eigenvalue weighted by molar-refractivity contribution is 7.89. The van der Waals surface area contributed by atoms with Crippen molar-refractivity contribution in [3.05, 3.63) is 82.9 Å². The molecule has 2 aliphatic rings. The summed E-state index contributed by atoms with van der Waals surface area (Å²) in [7, 11) is -3.73. The van der Waals surface area contributed by atoms with E-state index in [2.05, 4.69) is 38.0 Å². The Morgan fingerprint density at radius 2 is 1.85 bits per heavy atom. The SMILES string of the molecule is CC(C)(C)c1ccc(S(=O)(=O)N2CCC3=Cc4c(cnn4-c4ccc(F)cc4)C[C@]3(COCCC#N)C2)cc1. The molecule has 0 bridgehead atoms. The van der Waals surface area contributed by atoms with Crippen molar-refractivity contribution in [1.82, 2.24) is 14.1 Å². The van der Waals surface area contributed by atoms with Crippen LogP contribution in [0.5, 0.6) is 0 Å². The number of hydrogen-bond donors (Lipinski definition) is 0. The van der Waals surface area contributed by atoms with Gasteiger partial charge in [-0.2, -0.15) is 14.7 Å². The van der Waals surface area contributed by atoms with Crippen LogP contribution in [-0.2, 0) is 26.6 Å². The molecule has 1 aromatic heterocycles. The lowest BCUT2D eigenvalue weighted by molar-refractivity contribution is 0.0437. The topological polar surface area (TPSA) is 88.2 Å². The summed E-state index contributed by atoms with van der Waals surface area (Å²) >= 11 is 0. The molecule has 204 valence electrons. The first-order valence-electron chi connectivity index (χ1n) is 13.1. The Labute approximate surface area is 229 Å². The predicted octanol–water partition coefficient (Wildman–Crippen LogP) is 5.26. The molecule has 0 saturated carbocycles. The number of fused-ring (bicyclic) bond motifs is 2. The molecular formula is C30H33FN4O3S. The Hall–Kier alpha value is -3.32.